The number of benzene rings is 1. The van der Waals surface area contributed by atoms with Crippen LogP contribution in [0.25, 0.3) is 11.0 Å². The van der Waals surface area contributed by atoms with E-state index in [0.717, 1.165) is 36.5 Å². The van der Waals surface area contributed by atoms with Crippen LogP contribution >= 0.6 is 0 Å². The number of amides is 1. The molecule has 3 nitrogen and oxygen atoms in total. The summed E-state index contributed by atoms with van der Waals surface area (Å²) in [4.78, 5) is 12.3. The molecule has 2 aromatic rings. The lowest BCUT2D eigenvalue weighted by Crippen LogP contribution is -2.12. The molecule has 1 heterocycles. The van der Waals surface area contributed by atoms with E-state index < -0.39 is 0 Å². The predicted octanol–water partition coefficient (Wildman–Crippen LogP) is 6.00. The van der Waals surface area contributed by atoms with E-state index in [2.05, 4.69) is 11.4 Å². The molecule has 0 unspecified atom stereocenters. The number of aryl methyl sites for hydroxylation is 2. The highest BCUT2D eigenvalue weighted by Gasteiger charge is 2.18. The molecule has 1 aromatic heterocycles. The summed E-state index contributed by atoms with van der Waals surface area (Å²) in [6, 6.07) is 6.12. The van der Waals surface area contributed by atoms with Crippen molar-refractivity contribution in [1.29, 1.82) is 0 Å². The first kappa shape index (κ1) is 16.7. The van der Waals surface area contributed by atoms with Gasteiger partial charge in [-0.25, -0.2) is 0 Å². The van der Waals surface area contributed by atoms with Crippen LogP contribution in [0.1, 0.15) is 75.5 Å². The third kappa shape index (κ3) is 3.91. The average Bonchev–Trinajstić information content (AvgIpc) is 3.21. The van der Waals surface area contributed by atoms with E-state index in [-0.39, 0.29) is 5.91 Å². The molecule has 1 aromatic carbocycles. The Balaban J connectivity index is 1.46. The van der Waals surface area contributed by atoms with Gasteiger partial charge in [0, 0.05) is 29.5 Å². The molecule has 4 rings (SSSR count). The summed E-state index contributed by atoms with van der Waals surface area (Å²) in [6.45, 7) is 0. The molecule has 1 saturated carbocycles. The number of hydrogen-bond acceptors (Lipinski definition) is 2. The van der Waals surface area contributed by atoms with Crippen LogP contribution in [0.15, 0.2) is 22.6 Å². The van der Waals surface area contributed by atoms with Gasteiger partial charge in [0.05, 0.1) is 0 Å². The highest BCUT2D eigenvalue weighted by molar-refractivity contribution is 5.94. The topological polar surface area (TPSA) is 42.2 Å². The van der Waals surface area contributed by atoms with Gasteiger partial charge in [0.2, 0.25) is 5.91 Å². The van der Waals surface area contributed by atoms with Gasteiger partial charge >= 0.3 is 0 Å². The van der Waals surface area contributed by atoms with E-state index in [1.807, 2.05) is 12.1 Å². The molecular formula is C22H29NO2. The lowest BCUT2D eigenvalue weighted by Gasteiger charge is -2.10. The molecule has 0 bridgehead atoms. The summed E-state index contributed by atoms with van der Waals surface area (Å²) in [5.74, 6) is 2.08. The summed E-state index contributed by atoms with van der Waals surface area (Å²) >= 11 is 0. The van der Waals surface area contributed by atoms with Crippen molar-refractivity contribution in [2.75, 3.05) is 5.32 Å². The molecule has 2 aliphatic carbocycles. The van der Waals surface area contributed by atoms with Crippen LogP contribution in [0, 0.1) is 5.92 Å². The normalized spacial score (nSPS) is 18.7. The Labute approximate surface area is 150 Å². The number of nitrogens with one attached hydrogen (secondary N) is 1. The van der Waals surface area contributed by atoms with Crippen LogP contribution in [-0.2, 0) is 17.6 Å². The molecule has 25 heavy (non-hydrogen) atoms. The second-order valence-electron chi connectivity index (χ2n) is 7.87. The Hall–Kier alpha value is -1.77. The van der Waals surface area contributed by atoms with Crippen molar-refractivity contribution < 1.29 is 9.21 Å². The van der Waals surface area contributed by atoms with E-state index >= 15 is 0 Å². The zero-order chi connectivity index (χ0) is 17.1. The summed E-state index contributed by atoms with van der Waals surface area (Å²) in [6.07, 6.45) is 14.2. The molecule has 3 heteroatoms. The largest absolute Gasteiger partial charge is 0.461 e. The predicted molar refractivity (Wildman–Crippen MR) is 102 cm³/mol. The minimum Gasteiger partial charge on any atom is -0.461 e. The fourth-order valence-corrected chi connectivity index (χ4v) is 4.55. The number of carbonyl (C=O) groups excluding carboxylic acids is 1. The molecule has 2 aliphatic rings. The lowest BCUT2D eigenvalue weighted by molar-refractivity contribution is -0.116. The molecule has 0 saturated heterocycles. The zero-order valence-electron chi connectivity index (χ0n) is 15.1. The molecule has 0 aliphatic heterocycles. The number of anilines is 1. The van der Waals surface area contributed by atoms with E-state index in [4.69, 9.17) is 4.42 Å². The van der Waals surface area contributed by atoms with Crippen LogP contribution in [0.3, 0.4) is 0 Å². The van der Waals surface area contributed by atoms with Crippen molar-refractivity contribution in [3.05, 3.63) is 29.5 Å². The van der Waals surface area contributed by atoms with Crippen molar-refractivity contribution in [2.45, 2.75) is 77.0 Å². The summed E-state index contributed by atoms with van der Waals surface area (Å²) in [7, 11) is 0. The van der Waals surface area contributed by atoms with E-state index in [1.54, 1.807) is 0 Å². The Morgan fingerprint density at radius 1 is 1.04 bits per heavy atom. The molecule has 1 N–H and O–H groups in total. The lowest BCUT2D eigenvalue weighted by atomic mass is 9.97. The summed E-state index contributed by atoms with van der Waals surface area (Å²) < 4.78 is 6.09. The van der Waals surface area contributed by atoms with Gasteiger partial charge in [0.15, 0.2) is 0 Å². The molecule has 0 atom stereocenters. The Bertz CT molecular complexity index is 740. The van der Waals surface area contributed by atoms with Gasteiger partial charge in [-0.05, 0) is 49.8 Å². The van der Waals surface area contributed by atoms with Crippen molar-refractivity contribution in [1.82, 2.24) is 0 Å². The smallest absolute Gasteiger partial charge is 0.224 e. The number of fused-ring (bicyclic) bond motifs is 3. The first-order chi connectivity index (χ1) is 12.3. The first-order valence-corrected chi connectivity index (χ1v) is 10.1. The number of carbonyl (C=O) groups is 1. The third-order valence-electron chi connectivity index (χ3n) is 5.99. The third-order valence-corrected chi connectivity index (χ3v) is 5.99. The Kier molecular flexibility index (Phi) is 5.09. The van der Waals surface area contributed by atoms with E-state index in [9.17, 15) is 4.79 Å². The zero-order valence-corrected chi connectivity index (χ0v) is 15.1. The van der Waals surface area contributed by atoms with Crippen LogP contribution in [0.5, 0.6) is 0 Å². The summed E-state index contributed by atoms with van der Waals surface area (Å²) in [5.41, 5.74) is 3.25. The Morgan fingerprint density at radius 2 is 1.84 bits per heavy atom. The molecule has 134 valence electrons. The average molecular weight is 339 g/mol. The van der Waals surface area contributed by atoms with Gasteiger partial charge in [-0.2, -0.15) is 0 Å². The minimum absolute atomic E-state index is 0.151. The molecule has 0 radical (unpaired) electrons. The monoisotopic (exact) mass is 339 g/mol. The minimum atomic E-state index is 0.151. The van der Waals surface area contributed by atoms with Crippen molar-refractivity contribution >= 4 is 22.6 Å². The van der Waals surface area contributed by atoms with Gasteiger partial charge in [-0.3, -0.25) is 4.79 Å². The van der Waals surface area contributed by atoms with Crippen molar-refractivity contribution in [3.63, 3.8) is 0 Å². The number of furan rings is 1. The number of rotatable bonds is 4. The highest BCUT2D eigenvalue weighted by Crippen LogP contribution is 2.33. The first-order valence-electron chi connectivity index (χ1n) is 10.1. The van der Waals surface area contributed by atoms with Gasteiger partial charge in [-0.1, -0.05) is 38.5 Å². The molecule has 0 spiro atoms. The maximum atomic E-state index is 12.3. The fourth-order valence-electron chi connectivity index (χ4n) is 4.55. The van der Waals surface area contributed by atoms with Crippen LogP contribution in [0.4, 0.5) is 5.69 Å². The van der Waals surface area contributed by atoms with E-state index in [1.165, 1.54) is 68.1 Å². The molecular weight excluding hydrogens is 310 g/mol. The Morgan fingerprint density at radius 3 is 2.68 bits per heavy atom. The standard InChI is InChI=1S/C22H29NO2/c24-22(14-11-16-7-5-6-8-16)23-17-12-13-21-19(15-17)18-9-3-1-2-4-10-20(18)25-21/h12-13,15-16H,1-11,14H2,(H,23,24). The van der Waals surface area contributed by atoms with Crippen LogP contribution in [-0.4, -0.2) is 5.91 Å². The van der Waals surface area contributed by atoms with E-state index in [0.29, 0.717) is 6.42 Å². The van der Waals surface area contributed by atoms with Gasteiger partial charge < -0.3 is 9.73 Å². The van der Waals surface area contributed by atoms with Gasteiger partial charge in [-0.15, -0.1) is 0 Å². The van der Waals surface area contributed by atoms with Crippen LogP contribution < -0.4 is 5.32 Å². The van der Waals surface area contributed by atoms with Gasteiger partial charge in [0.25, 0.3) is 0 Å². The summed E-state index contributed by atoms with van der Waals surface area (Å²) in [5, 5.41) is 4.30. The maximum absolute atomic E-state index is 12.3. The maximum Gasteiger partial charge on any atom is 0.224 e. The molecule has 1 amide bonds. The van der Waals surface area contributed by atoms with Gasteiger partial charge in [0.1, 0.15) is 11.3 Å². The van der Waals surface area contributed by atoms with Crippen molar-refractivity contribution in [2.24, 2.45) is 5.92 Å². The highest BCUT2D eigenvalue weighted by atomic mass is 16.3. The second-order valence-corrected chi connectivity index (χ2v) is 7.87. The van der Waals surface area contributed by atoms with Crippen molar-refractivity contribution in [3.8, 4) is 0 Å². The van der Waals surface area contributed by atoms with Crippen LogP contribution in [0.2, 0.25) is 0 Å². The second kappa shape index (κ2) is 7.63. The number of hydrogen-bond donors (Lipinski definition) is 1. The fraction of sp³-hybridized carbons (Fsp3) is 0.591. The SMILES string of the molecule is O=C(CCC1CCCC1)Nc1ccc2oc3c(c2c1)CCCCCC3. The molecule has 1 fully saturated rings. The quantitative estimate of drug-likeness (QED) is 0.742.